The first-order valence-electron chi connectivity index (χ1n) is 7.90. The molecular weight excluding hydrogens is 376 g/mol. The molecule has 11 heteroatoms. The Bertz CT molecular complexity index is 949. The van der Waals surface area contributed by atoms with Gasteiger partial charge in [-0.15, -0.1) is 8.98 Å². The van der Waals surface area contributed by atoms with E-state index in [1.54, 1.807) is 6.92 Å². The maximum absolute atomic E-state index is 13.8. The summed E-state index contributed by atoms with van der Waals surface area (Å²) in [6.45, 7) is 1.76. The number of anilines is 1. The van der Waals surface area contributed by atoms with Crippen LogP contribution in [0.5, 0.6) is 0 Å². The molecule has 1 aromatic carbocycles. The molecule has 1 aliphatic rings. The summed E-state index contributed by atoms with van der Waals surface area (Å²) in [5, 5.41) is 5.94. The topological polar surface area (TPSA) is 76.9 Å². The highest BCUT2D eigenvalue weighted by atomic mass is 32.3. The van der Waals surface area contributed by atoms with Crippen molar-refractivity contribution < 1.29 is 25.5 Å². The van der Waals surface area contributed by atoms with Crippen LogP contribution in [0.25, 0.3) is 5.69 Å². The van der Waals surface area contributed by atoms with Gasteiger partial charge < -0.3 is 5.32 Å². The van der Waals surface area contributed by atoms with Crippen LogP contribution in [-0.2, 0) is 22.8 Å². The standard InChI is InChI=1S/C15H16F4N4O2S/c1-3-8-6-10(9-4-5-9)12(26(19,24)25)7-11(8)23-14(20-2)21-13(22-23)15(16,17)18/h6-7,9H,3-5H2,1-2H3,(H,20,21,22). The summed E-state index contributed by atoms with van der Waals surface area (Å²) >= 11 is 0. The highest BCUT2D eigenvalue weighted by molar-refractivity contribution is 7.86. The van der Waals surface area contributed by atoms with Crippen molar-refractivity contribution in [3.63, 3.8) is 0 Å². The SMILES string of the molecule is CCc1cc(C2CC2)c(S(=O)(=O)F)cc1-n1nc(C(F)(F)F)nc1NC. The van der Waals surface area contributed by atoms with E-state index in [-0.39, 0.29) is 17.6 Å². The molecule has 0 spiro atoms. The van der Waals surface area contributed by atoms with Gasteiger partial charge in [0.05, 0.1) is 5.69 Å². The van der Waals surface area contributed by atoms with Crippen molar-refractivity contribution in [2.75, 3.05) is 12.4 Å². The number of nitrogens with zero attached hydrogens (tertiary/aromatic N) is 3. The molecule has 1 aliphatic carbocycles. The van der Waals surface area contributed by atoms with Gasteiger partial charge in [-0.2, -0.15) is 31.3 Å². The Labute approximate surface area is 147 Å². The molecule has 1 fully saturated rings. The molecule has 1 N–H and O–H groups in total. The Hall–Kier alpha value is -2.17. The lowest BCUT2D eigenvalue weighted by molar-refractivity contribution is -0.144. The summed E-state index contributed by atoms with van der Waals surface area (Å²) in [6, 6.07) is 2.57. The summed E-state index contributed by atoms with van der Waals surface area (Å²) in [5.41, 5.74) is 0.949. The lowest BCUT2D eigenvalue weighted by atomic mass is 10.0. The summed E-state index contributed by atoms with van der Waals surface area (Å²) in [7, 11) is -3.68. The van der Waals surface area contributed by atoms with E-state index in [0.29, 0.717) is 17.5 Å². The fraction of sp³-hybridized carbons (Fsp3) is 0.467. The van der Waals surface area contributed by atoms with E-state index in [4.69, 9.17) is 0 Å². The lowest BCUT2D eigenvalue weighted by Gasteiger charge is -2.14. The van der Waals surface area contributed by atoms with Gasteiger partial charge in [0.2, 0.25) is 5.95 Å². The average molecular weight is 392 g/mol. The van der Waals surface area contributed by atoms with Crippen LogP contribution in [0.2, 0.25) is 0 Å². The summed E-state index contributed by atoms with van der Waals surface area (Å²) in [5.74, 6) is -1.66. The number of rotatable bonds is 5. The minimum atomic E-state index is -5.04. The summed E-state index contributed by atoms with van der Waals surface area (Å²) < 4.78 is 76.6. The van der Waals surface area contributed by atoms with Gasteiger partial charge in [-0.05, 0) is 42.4 Å². The molecule has 0 unspecified atom stereocenters. The molecule has 2 aromatic rings. The maximum Gasteiger partial charge on any atom is 0.453 e. The van der Waals surface area contributed by atoms with Crippen molar-refractivity contribution in [3.05, 3.63) is 29.1 Å². The van der Waals surface area contributed by atoms with Crippen molar-refractivity contribution in [1.82, 2.24) is 14.8 Å². The van der Waals surface area contributed by atoms with E-state index >= 15 is 0 Å². The second kappa shape index (κ2) is 6.22. The lowest BCUT2D eigenvalue weighted by Crippen LogP contribution is -2.11. The van der Waals surface area contributed by atoms with Gasteiger partial charge >= 0.3 is 16.4 Å². The molecule has 0 aliphatic heterocycles. The zero-order chi connectivity index (χ0) is 19.3. The Morgan fingerprint density at radius 1 is 1.31 bits per heavy atom. The van der Waals surface area contributed by atoms with Crippen LogP contribution in [0.1, 0.15) is 42.6 Å². The molecule has 0 amide bonds. The van der Waals surface area contributed by atoms with Gasteiger partial charge in [0.25, 0.3) is 5.82 Å². The molecule has 142 valence electrons. The third-order valence-electron chi connectivity index (χ3n) is 4.18. The largest absolute Gasteiger partial charge is 0.453 e. The van der Waals surface area contributed by atoms with Crippen molar-refractivity contribution >= 4 is 16.2 Å². The molecule has 1 aromatic heterocycles. The first-order chi connectivity index (χ1) is 12.1. The Morgan fingerprint density at radius 3 is 2.42 bits per heavy atom. The van der Waals surface area contributed by atoms with Crippen molar-refractivity contribution in [1.29, 1.82) is 0 Å². The van der Waals surface area contributed by atoms with Gasteiger partial charge in [-0.1, -0.05) is 13.0 Å². The highest BCUT2D eigenvalue weighted by Crippen LogP contribution is 2.44. The number of aromatic nitrogens is 3. The molecule has 0 atom stereocenters. The smallest absolute Gasteiger partial charge is 0.357 e. The van der Waals surface area contributed by atoms with E-state index in [9.17, 15) is 25.5 Å². The number of nitrogens with one attached hydrogen (secondary N) is 1. The van der Waals surface area contributed by atoms with Crippen LogP contribution in [-0.4, -0.2) is 30.2 Å². The fourth-order valence-electron chi connectivity index (χ4n) is 2.80. The van der Waals surface area contributed by atoms with Crippen molar-refractivity contribution in [2.45, 2.75) is 43.2 Å². The minimum absolute atomic E-state index is 0.0421. The number of hydrogen-bond donors (Lipinski definition) is 1. The molecular formula is C15H16F4N4O2S. The van der Waals surface area contributed by atoms with Crippen LogP contribution in [0.4, 0.5) is 23.0 Å². The molecule has 3 rings (SSSR count). The van der Waals surface area contributed by atoms with E-state index in [1.807, 2.05) is 0 Å². The first kappa shape index (κ1) is 18.6. The molecule has 26 heavy (non-hydrogen) atoms. The Kier molecular flexibility index (Phi) is 4.45. The van der Waals surface area contributed by atoms with Gasteiger partial charge in [0.15, 0.2) is 0 Å². The maximum atomic E-state index is 13.8. The van der Waals surface area contributed by atoms with Crippen LogP contribution in [0.3, 0.4) is 0 Å². The average Bonchev–Trinajstić information content (AvgIpc) is 3.29. The monoisotopic (exact) mass is 392 g/mol. The van der Waals surface area contributed by atoms with Crippen molar-refractivity contribution in [2.24, 2.45) is 0 Å². The molecule has 0 radical (unpaired) electrons. The number of alkyl halides is 3. The number of hydrogen-bond acceptors (Lipinski definition) is 5. The van der Waals surface area contributed by atoms with Crippen LogP contribution >= 0.6 is 0 Å². The first-order valence-corrected chi connectivity index (χ1v) is 9.28. The quantitative estimate of drug-likeness (QED) is 0.623. The molecule has 0 saturated heterocycles. The van der Waals surface area contributed by atoms with Gasteiger partial charge in [0, 0.05) is 7.05 Å². The summed E-state index contributed by atoms with van der Waals surface area (Å²) in [6.07, 6.45) is -2.89. The normalized spacial score (nSPS) is 15.3. The van der Waals surface area contributed by atoms with Gasteiger partial charge in [-0.25, -0.2) is 0 Å². The molecule has 1 saturated carbocycles. The van der Waals surface area contributed by atoms with E-state index < -0.39 is 27.1 Å². The fourth-order valence-corrected chi connectivity index (χ4v) is 3.56. The van der Waals surface area contributed by atoms with E-state index in [2.05, 4.69) is 15.4 Å². The van der Waals surface area contributed by atoms with Crippen LogP contribution in [0, 0.1) is 0 Å². The van der Waals surface area contributed by atoms with E-state index in [1.165, 1.54) is 13.1 Å². The zero-order valence-electron chi connectivity index (χ0n) is 13.9. The van der Waals surface area contributed by atoms with Crippen LogP contribution in [0.15, 0.2) is 17.0 Å². The predicted molar refractivity (Wildman–Crippen MR) is 85.6 cm³/mol. The Morgan fingerprint density at radius 2 is 1.96 bits per heavy atom. The van der Waals surface area contributed by atoms with E-state index in [0.717, 1.165) is 23.6 Å². The third kappa shape index (κ3) is 3.39. The highest BCUT2D eigenvalue weighted by Gasteiger charge is 2.38. The van der Waals surface area contributed by atoms with Gasteiger partial charge in [0.1, 0.15) is 4.90 Å². The number of benzene rings is 1. The number of aryl methyl sites for hydroxylation is 1. The molecule has 6 nitrogen and oxygen atoms in total. The van der Waals surface area contributed by atoms with Crippen LogP contribution < -0.4 is 5.32 Å². The van der Waals surface area contributed by atoms with Gasteiger partial charge in [-0.3, -0.25) is 0 Å². The predicted octanol–water partition coefficient (Wildman–Crippen LogP) is 3.43. The second-order valence-corrected chi connectivity index (χ2v) is 7.32. The zero-order valence-corrected chi connectivity index (χ0v) is 14.7. The molecule has 1 heterocycles. The second-order valence-electron chi connectivity index (χ2n) is 6.00. The molecule has 0 bridgehead atoms. The third-order valence-corrected chi connectivity index (χ3v) is 5.06. The van der Waals surface area contributed by atoms with Crippen molar-refractivity contribution in [3.8, 4) is 5.69 Å². The summed E-state index contributed by atoms with van der Waals surface area (Å²) in [4.78, 5) is 2.86. The minimum Gasteiger partial charge on any atom is -0.357 e. The Balaban J connectivity index is 2.26. The number of halogens is 4.